The number of amides is 1. The molecule has 4 heteroatoms. The fourth-order valence-electron chi connectivity index (χ4n) is 2.66. The summed E-state index contributed by atoms with van der Waals surface area (Å²) in [5.41, 5.74) is 1.11. The molecule has 1 aliphatic heterocycles. The van der Waals surface area contributed by atoms with E-state index in [1.807, 2.05) is 0 Å². The highest BCUT2D eigenvalue weighted by atomic mass is 19.1. The molecule has 2 rings (SSSR count). The van der Waals surface area contributed by atoms with Gasteiger partial charge in [0.1, 0.15) is 5.82 Å². The van der Waals surface area contributed by atoms with E-state index < -0.39 is 5.82 Å². The van der Waals surface area contributed by atoms with E-state index in [1.54, 1.807) is 17.9 Å². The smallest absolute Gasteiger partial charge is 0.254 e. The summed E-state index contributed by atoms with van der Waals surface area (Å²) in [4.78, 5) is 14.2. The molecule has 1 heterocycles. The van der Waals surface area contributed by atoms with Crippen LogP contribution in [0.25, 0.3) is 0 Å². The topological polar surface area (TPSA) is 40.5 Å². The minimum Gasteiger partial charge on any atom is -0.394 e. The fourth-order valence-corrected chi connectivity index (χ4v) is 2.66. The van der Waals surface area contributed by atoms with E-state index in [4.69, 9.17) is 0 Å². The highest BCUT2D eigenvalue weighted by Crippen LogP contribution is 2.20. The summed E-state index contributed by atoms with van der Waals surface area (Å²) in [6, 6.07) is 4.24. The minimum absolute atomic E-state index is 0.0277. The van der Waals surface area contributed by atoms with Crippen molar-refractivity contribution in [2.45, 2.75) is 38.6 Å². The van der Waals surface area contributed by atoms with Crippen LogP contribution in [0.15, 0.2) is 18.2 Å². The van der Waals surface area contributed by atoms with Gasteiger partial charge in [-0.3, -0.25) is 4.79 Å². The lowest BCUT2D eigenvalue weighted by Gasteiger charge is -2.28. The van der Waals surface area contributed by atoms with Crippen LogP contribution in [0.4, 0.5) is 4.39 Å². The van der Waals surface area contributed by atoms with Gasteiger partial charge >= 0.3 is 0 Å². The summed E-state index contributed by atoms with van der Waals surface area (Å²) in [7, 11) is 0. The van der Waals surface area contributed by atoms with Gasteiger partial charge in [0.15, 0.2) is 0 Å². The molecule has 3 nitrogen and oxygen atoms in total. The van der Waals surface area contributed by atoms with Crippen molar-refractivity contribution < 1.29 is 14.3 Å². The molecule has 0 bridgehead atoms. The third kappa shape index (κ3) is 3.32. The Bertz CT molecular complexity index is 441. The highest BCUT2D eigenvalue weighted by molar-refractivity contribution is 5.94. The Morgan fingerprint density at radius 1 is 1.37 bits per heavy atom. The van der Waals surface area contributed by atoms with Crippen molar-refractivity contribution in [3.05, 3.63) is 35.1 Å². The maximum atomic E-state index is 13.4. The molecule has 104 valence electrons. The quantitative estimate of drug-likeness (QED) is 0.892. The second-order valence-electron chi connectivity index (χ2n) is 5.20. The predicted molar refractivity (Wildman–Crippen MR) is 71.5 cm³/mol. The molecule has 1 fully saturated rings. The Hall–Kier alpha value is -1.42. The zero-order chi connectivity index (χ0) is 13.8. The predicted octanol–water partition coefficient (Wildman–Crippen LogP) is 2.51. The summed E-state index contributed by atoms with van der Waals surface area (Å²) < 4.78 is 13.4. The first-order chi connectivity index (χ1) is 9.11. The van der Waals surface area contributed by atoms with Crippen LogP contribution in [0.5, 0.6) is 0 Å². The maximum Gasteiger partial charge on any atom is 0.254 e. The number of likely N-dealkylation sites (tertiary alicyclic amines) is 1. The summed E-state index contributed by atoms with van der Waals surface area (Å²) in [6.07, 6.45) is 3.85. The molecular formula is C15H20FNO2. The lowest BCUT2D eigenvalue weighted by atomic mass is 10.1. The number of aryl methyl sites for hydroxylation is 1. The maximum absolute atomic E-state index is 13.4. The molecule has 1 aliphatic rings. The summed E-state index contributed by atoms with van der Waals surface area (Å²) in [6.45, 7) is 2.38. The van der Waals surface area contributed by atoms with Crippen molar-refractivity contribution in [2.75, 3.05) is 13.2 Å². The number of hydrogen-bond donors (Lipinski definition) is 1. The van der Waals surface area contributed by atoms with E-state index in [2.05, 4.69) is 0 Å². The average molecular weight is 265 g/mol. The van der Waals surface area contributed by atoms with E-state index in [1.165, 1.54) is 12.1 Å². The Morgan fingerprint density at radius 3 is 2.84 bits per heavy atom. The number of rotatable bonds is 2. The number of hydrogen-bond acceptors (Lipinski definition) is 2. The Kier molecular flexibility index (Phi) is 4.53. The number of carbonyl (C=O) groups excluding carboxylic acids is 1. The van der Waals surface area contributed by atoms with Gasteiger partial charge in [0, 0.05) is 12.1 Å². The standard InChI is InChI=1S/C15H20FNO2/c1-11-7-12(9-13(16)8-11)15(19)17-6-4-2-3-5-14(17)10-18/h7-9,14,18H,2-6,10H2,1H3. The number of carbonyl (C=O) groups is 1. The van der Waals surface area contributed by atoms with E-state index in [0.29, 0.717) is 12.1 Å². The summed E-state index contributed by atoms with van der Waals surface area (Å²) in [5, 5.41) is 9.42. The Morgan fingerprint density at radius 2 is 2.16 bits per heavy atom. The molecule has 1 saturated heterocycles. The molecule has 0 spiro atoms. The SMILES string of the molecule is Cc1cc(F)cc(C(=O)N2CCCCCC2CO)c1. The van der Waals surface area contributed by atoms with Crippen LogP contribution in [0.2, 0.25) is 0 Å². The molecular weight excluding hydrogens is 245 g/mol. The van der Waals surface area contributed by atoms with Gasteiger partial charge in [0.2, 0.25) is 0 Å². The minimum atomic E-state index is -0.390. The van der Waals surface area contributed by atoms with E-state index in [9.17, 15) is 14.3 Å². The first-order valence-electron chi connectivity index (χ1n) is 6.81. The van der Waals surface area contributed by atoms with Gasteiger partial charge in [0.25, 0.3) is 5.91 Å². The normalized spacial score (nSPS) is 20.2. The van der Waals surface area contributed by atoms with Gasteiger partial charge < -0.3 is 10.0 Å². The molecule has 1 aromatic carbocycles. The fraction of sp³-hybridized carbons (Fsp3) is 0.533. The van der Waals surface area contributed by atoms with Crippen molar-refractivity contribution in [1.29, 1.82) is 0 Å². The summed E-state index contributed by atoms with van der Waals surface area (Å²) in [5.74, 6) is -0.567. The van der Waals surface area contributed by atoms with Crippen LogP contribution in [-0.4, -0.2) is 35.1 Å². The molecule has 0 saturated carbocycles. The average Bonchev–Trinajstić information content (AvgIpc) is 2.61. The molecule has 1 atom stereocenters. The lowest BCUT2D eigenvalue weighted by molar-refractivity contribution is 0.0599. The van der Waals surface area contributed by atoms with Gasteiger partial charge in [-0.1, -0.05) is 12.8 Å². The molecule has 1 unspecified atom stereocenters. The van der Waals surface area contributed by atoms with E-state index in [0.717, 1.165) is 31.2 Å². The van der Waals surface area contributed by atoms with Crippen LogP contribution in [-0.2, 0) is 0 Å². The summed E-state index contributed by atoms with van der Waals surface area (Å²) >= 11 is 0. The highest BCUT2D eigenvalue weighted by Gasteiger charge is 2.26. The number of nitrogens with zero attached hydrogens (tertiary/aromatic N) is 1. The second kappa shape index (κ2) is 6.15. The largest absolute Gasteiger partial charge is 0.394 e. The van der Waals surface area contributed by atoms with Gasteiger partial charge in [-0.15, -0.1) is 0 Å². The monoisotopic (exact) mass is 265 g/mol. The van der Waals surface area contributed by atoms with Crippen LogP contribution in [0.1, 0.15) is 41.6 Å². The van der Waals surface area contributed by atoms with Crippen molar-refractivity contribution >= 4 is 5.91 Å². The zero-order valence-corrected chi connectivity index (χ0v) is 11.2. The number of halogens is 1. The van der Waals surface area contributed by atoms with E-state index >= 15 is 0 Å². The van der Waals surface area contributed by atoms with Crippen molar-refractivity contribution in [1.82, 2.24) is 4.90 Å². The Labute approximate surface area is 113 Å². The van der Waals surface area contributed by atoms with Gasteiger partial charge in [-0.2, -0.15) is 0 Å². The lowest BCUT2D eigenvalue weighted by Crippen LogP contribution is -2.42. The number of aliphatic hydroxyl groups excluding tert-OH is 1. The zero-order valence-electron chi connectivity index (χ0n) is 11.2. The van der Waals surface area contributed by atoms with E-state index in [-0.39, 0.29) is 18.6 Å². The van der Waals surface area contributed by atoms with Crippen LogP contribution < -0.4 is 0 Å². The third-order valence-electron chi connectivity index (χ3n) is 3.64. The van der Waals surface area contributed by atoms with Crippen molar-refractivity contribution in [3.8, 4) is 0 Å². The molecule has 0 aromatic heterocycles. The molecule has 0 radical (unpaired) electrons. The Balaban J connectivity index is 2.25. The molecule has 1 amide bonds. The first-order valence-corrected chi connectivity index (χ1v) is 6.81. The second-order valence-corrected chi connectivity index (χ2v) is 5.20. The van der Waals surface area contributed by atoms with Gasteiger partial charge in [-0.25, -0.2) is 4.39 Å². The molecule has 1 N–H and O–H groups in total. The van der Waals surface area contributed by atoms with Crippen LogP contribution >= 0.6 is 0 Å². The molecule has 19 heavy (non-hydrogen) atoms. The van der Waals surface area contributed by atoms with Crippen LogP contribution in [0, 0.1) is 12.7 Å². The molecule has 0 aliphatic carbocycles. The van der Waals surface area contributed by atoms with Crippen molar-refractivity contribution in [3.63, 3.8) is 0 Å². The first kappa shape index (κ1) is 14.0. The number of aliphatic hydroxyl groups is 1. The molecule has 1 aromatic rings. The third-order valence-corrected chi connectivity index (χ3v) is 3.64. The van der Waals surface area contributed by atoms with Crippen molar-refractivity contribution in [2.24, 2.45) is 0 Å². The van der Waals surface area contributed by atoms with Gasteiger partial charge in [-0.05, 0) is 43.5 Å². The number of benzene rings is 1. The van der Waals surface area contributed by atoms with Crippen LogP contribution in [0.3, 0.4) is 0 Å². The van der Waals surface area contributed by atoms with Gasteiger partial charge in [0.05, 0.1) is 12.6 Å².